The van der Waals surface area contributed by atoms with Crippen LogP contribution in [0.15, 0.2) is 107 Å². The van der Waals surface area contributed by atoms with Crippen molar-refractivity contribution >= 4 is 57.2 Å². The van der Waals surface area contributed by atoms with Gasteiger partial charge in [-0.2, -0.15) is 5.10 Å². The van der Waals surface area contributed by atoms with Gasteiger partial charge in [-0.1, -0.05) is 51.8 Å². The molecule has 0 aliphatic carbocycles. The zero-order valence-electron chi connectivity index (χ0n) is 19.2. The largest absolute Gasteiger partial charge is 0.422 e. The molecule has 7 nitrogen and oxygen atoms in total. The zero-order chi connectivity index (χ0) is 26.2. The van der Waals surface area contributed by atoms with Gasteiger partial charge in [0.2, 0.25) is 0 Å². The molecule has 0 spiro atoms. The number of nitrogens with one attached hydrogen (secondary N) is 2. The molecule has 4 rings (SSSR count). The second kappa shape index (κ2) is 12.1. The van der Waals surface area contributed by atoms with Gasteiger partial charge in [0.1, 0.15) is 5.75 Å². The summed E-state index contributed by atoms with van der Waals surface area (Å²) in [5.41, 5.74) is 4.49. The Kier molecular flexibility index (Phi) is 8.45. The number of halogens is 2. The number of nitrogens with zero attached hydrogens (tertiary/aromatic N) is 1. The van der Waals surface area contributed by atoms with Crippen LogP contribution in [-0.4, -0.2) is 24.0 Å². The minimum Gasteiger partial charge on any atom is -0.422 e. The summed E-state index contributed by atoms with van der Waals surface area (Å²) in [4.78, 5) is 37.5. The van der Waals surface area contributed by atoms with Gasteiger partial charge in [-0.3, -0.25) is 9.59 Å². The summed E-state index contributed by atoms with van der Waals surface area (Å²) in [5.74, 6) is -1.06. The lowest BCUT2D eigenvalue weighted by Gasteiger charge is -2.08. The lowest BCUT2D eigenvalue weighted by Crippen LogP contribution is -2.18. The van der Waals surface area contributed by atoms with E-state index in [4.69, 9.17) is 16.3 Å². The zero-order valence-corrected chi connectivity index (χ0v) is 21.5. The fraction of sp³-hybridized carbons (Fsp3) is 0. The predicted octanol–water partition coefficient (Wildman–Crippen LogP) is 6.34. The fourth-order valence-corrected chi connectivity index (χ4v) is 3.72. The predicted molar refractivity (Wildman–Crippen MR) is 146 cm³/mol. The van der Waals surface area contributed by atoms with Crippen LogP contribution in [0.25, 0.3) is 0 Å². The molecule has 2 amide bonds. The maximum atomic E-state index is 12.6. The van der Waals surface area contributed by atoms with Crippen LogP contribution < -0.4 is 15.5 Å². The minimum absolute atomic E-state index is 0.280. The minimum atomic E-state index is -0.515. The first-order valence-corrected chi connectivity index (χ1v) is 12.1. The van der Waals surface area contributed by atoms with E-state index >= 15 is 0 Å². The number of rotatable bonds is 7. The Morgan fingerprint density at radius 3 is 2.27 bits per heavy atom. The molecule has 0 aromatic heterocycles. The van der Waals surface area contributed by atoms with Gasteiger partial charge in [0.15, 0.2) is 0 Å². The van der Waals surface area contributed by atoms with Crippen LogP contribution in [0.2, 0.25) is 5.02 Å². The lowest BCUT2D eigenvalue weighted by molar-refractivity contribution is 0.0734. The van der Waals surface area contributed by atoms with Crippen molar-refractivity contribution < 1.29 is 19.1 Å². The number of hydrazone groups is 1. The highest BCUT2D eigenvalue weighted by Crippen LogP contribution is 2.23. The molecule has 0 radical (unpaired) electrons. The molecule has 0 heterocycles. The first-order chi connectivity index (χ1) is 17.9. The van der Waals surface area contributed by atoms with Crippen LogP contribution >= 0.6 is 27.5 Å². The topological polar surface area (TPSA) is 96.9 Å². The van der Waals surface area contributed by atoms with E-state index in [1.807, 2.05) is 0 Å². The van der Waals surface area contributed by atoms with Crippen molar-refractivity contribution in [2.75, 3.05) is 5.32 Å². The summed E-state index contributed by atoms with van der Waals surface area (Å²) >= 11 is 9.25. The standard InChI is InChI=1S/C28H19BrClN3O4/c29-22-11-14-25(37-28(36)19-5-2-1-3-6-19)21(15-22)17-31-33-27(35)20-7-4-8-24(16-20)32-26(34)18-9-12-23(30)13-10-18/h1-17H,(H,32,34)(H,33,35). The van der Waals surface area contributed by atoms with E-state index in [2.05, 4.69) is 31.8 Å². The van der Waals surface area contributed by atoms with Crippen LogP contribution in [0, 0.1) is 0 Å². The van der Waals surface area contributed by atoms with Crippen LogP contribution in [0.3, 0.4) is 0 Å². The number of benzene rings is 4. The van der Waals surface area contributed by atoms with Gasteiger partial charge in [0, 0.05) is 31.9 Å². The van der Waals surface area contributed by atoms with E-state index in [0.29, 0.717) is 27.4 Å². The maximum absolute atomic E-state index is 12.6. The molecule has 0 aliphatic heterocycles. The van der Waals surface area contributed by atoms with E-state index in [0.717, 1.165) is 4.47 Å². The number of carbonyl (C=O) groups is 3. The third kappa shape index (κ3) is 7.13. The average molecular weight is 577 g/mol. The van der Waals surface area contributed by atoms with Crippen molar-refractivity contribution in [3.63, 3.8) is 0 Å². The molecule has 0 bridgehead atoms. The van der Waals surface area contributed by atoms with Crippen molar-refractivity contribution in [1.82, 2.24) is 5.43 Å². The number of hydrogen-bond acceptors (Lipinski definition) is 5. The Hall–Kier alpha value is -4.27. The van der Waals surface area contributed by atoms with Crippen molar-refractivity contribution in [2.24, 2.45) is 5.10 Å². The molecule has 0 saturated heterocycles. The summed E-state index contributed by atoms with van der Waals surface area (Å²) in [6.45, 7) is 0. The molecule has 0 unspecified atom stereocenters. The average Bonchev–Trinajstić information content (AvgIpc) is 2.91. The Bertz CT molecular complexity index is 1470. The van der Waals surface area contributed by atoms with Gasteiger partial charge in [0.05, 0.1) is 11.8 Å². The third-order valence-corrected chi connectivity index (χ3v) is 5.79. The number of anilines is 1. The van der Waals surface area contributed by atoms with Gasteiger partial charge in [-0.25, -0.2) is 10.2 Å². The van der Waals surface area contributed by atoms with Crippen LogP contribution in [0.5, 0.6) is 5.75 Å². The lowest BCUT2D eigenvalue weighted by atomic mass is 10.1. The van der Waals surface area contributed by atoms with Gasteiger partial charge >= 0.3 is 5.97 Å². The Balaban J connectivity index is 1.42. The molecule has 0 atom stereocenters. The van der Waals surface area contributed by atoms with Gasteiger partial charge in [-0.15, -0.1) is 0 Å². The first kappa shape index (κ1) is 25.8. The first-order valence-electron chi connectivity index (χ1n) is 11.0. The van der Waals surface area contributed by atoms with Crippen molar-refractivity contribution in [2.45, 2.75) is 0 Å². The van der Waals surface area contributed by atoms with E-state index in [1.165, 1.54) is 12.3 Å². The molecule has 0 saturated carbocycles. The molecule has 4 aromatic carbocycles. The third-order valence-electron chi connectivity index (χ3n) is 5.04. The van der Waals surface area contributed by atoms with Crippen LogP contribution in [0.4, 0.5) is 5.69 Å². The Morgan fingerprint density at radius 2 is 1.51 bits per heavy atom. The highest BCUT2D eigenvalue weighted by Gasteiger charge is 2.12. The molecular formula is C28H19BrClN3O4. The highest BCUT2D eigenvalue weighted by molar-refractivity contribution is 9.10. The summed E-state index contributed by atoms with van der Waals surface area (Å²) in [6.07, 6.45) is 1.38. The molecule has 184 valence electrons. The van der Waals surface area contributed by atoms with E-state index < -0.39 is 11.9 Å². The quantitative estimate of drug-likeness (QED) is 0.116. The summed E-state index contributed by atoms with van der Waals surface area (Å²) in [6, 6.07) is 26.6. The number of carbonyl (C=O) groups excluding carboxylic acids is 3. The molecule has 2 N–H and O–H groups in total. The number of hydrogen-bond donors (Lipinski definition) is 2. The number of esters is 1. The van der Waals surface area contributed by atoms with Crippen LogP contribution in [0.1, 0.15) is 36.6 Å². The van der Waals surface area contributed by atoms with Gasteiger partial charge < -0.3 is 10.1 Å². The maximum Gasteiger partial charge on any atom is 0.343 e. The molecule has 9 heteroatoms. The van der Waals surface area contributed by atoms with Crippen molar-refractivity contribution in [1.29, 1.82) is 0 Å². The summed E-state index contributed by atoms with van der Waals surface area (Å²) in [5, 5.41) is 7.28. The highest BCUT2D eigenvalue weighted by atomic mass is 79.9. The fourth-order valence-electron chi connectivity index (χ4n) is 3.21. The summed E-state index contributed by atoms with van der Waals surface area (Å²) < 4.78 is 6.25. The van der Waals surface area contributed by atoms with Gasteiger partial charge in [0.25, 0.3) is 11.8 Å². The van der Waals surface area contributed by atoms with Crippen molar-refractivity contribution in [3.05, 3.63) is 129 Å². The van der Waals surface area contributed by atoms with E-state index in [9.17, 15) is 14.4 Å². The molecule has 37 heavy (non-hydrogen) atoms. The Morgan fingerprint density at radius 1 is 0.784 bits per heavy atom. The number of ether oxygens (including phenoxy) is 1. The molecule has 0 aliphatic rings. The van der Waals surface area contributed by atoms with E-state index in [-0.39, 0.29) is 17.2 Å². The second-order valence-electron chi connectivity index (χ2n) is 7.68. The van der Waals surface area contributed by atoms with Crippen molar-refractivity contribution in [3.8, 4) is 5.75 Å². The normalized spacial score (nSPS) is 10.6. The molecule has 4 aromatic rings. The van der Waals surface area contributed by atoms with Gasteiger partial charge in [-0.05, 0) is 72.8 Å². The monoisotopic (exact) mass is 575 g/mol. The molecular weight excluding hydrogens is 558 g/mol. The second-order valence-corrected chi connectivity index (χ2v) is 9.03. The SMILES string of the molecule is O=C(NN=Cc1cc(Br)ccc1OC(=O)c1ccccc1)c1cccc(NC(=O)c2ccc(Cl)cc2)c1. The molecule has 0 fully saturated rings. The number of amides is 2. The van der Waals surface area contributed by atoms with Crippen LogP contribution in [-0.2, 0) is 0 Å². The summed E-state index contributed by atoms with van der Waals surface area (Å²) in [7, 11) is 0. The Labute approximate surface area is 226 Å². The smallest absolute Gasteiger partial charge is 0.343 e. The van der Waals surface area contributed by atoms with E-state index in [1.54, 1.807) is 91.0 Å².